The van der Waals surface area contributed by atoms with E-state index in [4.69, 9.17) is 9.47 Å². The molecule has 0 aliphatic rings. The number of hydrogen-bond acceptors (Lipinski definition) is 4. The third-order valence-corrected chi connectivity index (χ3v) is 3.65. The van der Waals surface area contributed by atoms with Crippen LogP contribution in [0.25, 0.3) is 0 Å². The van der Waals surface area contributed by atoms with Crippen molar-refractivity contribution in [3.63, 3.8) is 0 Å². The Morgan fingerprint density at radius 3 is 2.30 bits per heavy atom. The van der Waals surface area contributed by atoms with Crippen molar-refractivity contribution >= 4 is 11.8 Å². The van der Waals surface area contributed by atoms with Crippen LogP contribution >= 0.6 is 0 Å². The minimum atomic E-state index is -0.801. The molecular weight excluding hydrogens is 296 g/mol. The molecule has 2 amide bonds. The molecule has 6 nitrogen and oxygen atoms in total. The van der Waals surface area contributed by atoms with Gasteiger partial charge in [0.2, 0.25) is 11.8 Å². The summed E-state index contributed by atoms with van der Waals surface area (Å²) in [5.41, 5.74) is -0.0217. The molecule has 0 radical (unpaired) electrons. The first kappa shape index (κ1) is 18.8. The van der Waals surface area contributed by atoms with Crippen molar-refractivity contribution in [2.45, 2.75) is 32.6 Å². The van der Waals surface area contributed by atoms with Gasteiger partial charge in [-0.2, -0.15) is 0 Å². The number of ether oxygens (including phenoxy) is 2. The summed E-state index contributed by atoms with van der Waals surface area (Å²) in [6, 6.07) is 5.35. The standard InChI is InChI=1S/C17H26N2O4/c1-6-9-18-15(20)11-19-16(21)17(2,3)12-7-8-13(22-4)14(10-12)23-5/h7-8,10H,6,9,11H2,1-5H3,(H,18,20)(H,19,21). The number of hydrogen-bond donors (Lipinski definition) is 2. The molecule has 1 aromatic carbocycles. The van der Waals surface area contributed by atoms with Gasteiger partial charge in [0.25, 0.3) is 0 Å². The second kappa shape index (κ2) is 8.41. The smallest absolute Gasteiger partial charge is 0.239 e. The minimum Gasteiger partial charge on any atom is -0.493 e. The van der Waals surface area contributed by atoms with Crippen LogP contribution in [0.5, 0.6) is 11.5 Å². The number of rotatable bonds is 8. The summed E-state index contributed by atoms with van der Waals surface area (Å²) in [7, 11) is 3.11. The molecule has 0 saturated heterocycles. The van der Waals surface area contributed by atoms with Gasteiger partial charge in [-0.25, -0.2) is 0 Å². The molecule has 2 N–H and O–H groups in total. The summed E-state index contributed by atoms with van der Waals surface area (Å²) >= 11 is 0. The minimum absolute atomic E-state index is 0.0322. The van der Waals surface area contributed by atoms with E-state index < -0.39 is 5.41 Å². The molecule has 0 saturated carbocycles. The van der Waals surface area contributed by atoms with Gasteiger partial charge in [-0.15, -0.1) is 0 Å². The molecule has 128 valence electrons. The van der Waals surface area contributed by atoms with Crippen LogP contribution in [0.2, 0.25) is 0 Å². The lowest BCUT2D eigenvalue weighted by Crippen LogP contribution is -2.44. The Kier molecular flexibility index (Phi) is 6.88. The van der Waals surface area contributed by atoms with Crippen LogP contribution in [0.1, 0.15) is 32.8 Å². The highest BCUT2D eigenvalue weighted by molar-refractivity contribution is 5.91. The Labute approximate surface area is 137 Å². The summed E-state index contributed by atoms with van der Waals surface area (Å²) in [5.74, 6) is 0.748. The third kappa shape index (κ3) is 4.87. The molecule has 1 rings (SSSR count). The third-order valence-electron chi connectivity index (χ3n) is 3.65. The summed E-state index contributed by atoms with van der Waals surface area (Å²) in [6.45, 7) is 6.14. The number of carbonyl (C=O) groups excluding carboxylic acids is 2. The first-order chi connectivity index (χ1) is 10.9. The highest BCUT2D eigenvalue weighted by atomic mass is 16.5. The summed E-state index contributed by atoms with van der Waals surface area (Å²) in [4.78, 5) is 24.0. The van der Waals surface area contributed by atoms with Gasteiger partial charge in [0, 0.05) is 6.54 Å². The maximum Gasteiger partial charge on any atom is 0.239 e. The lowest BCUT2D eigenvalue weighted by molar-refractivity contribution is -0.129. The van der Waals surface area contributed by atoms with Crippen molar-refractivity contribution in [3.05, 3.63) is 23.8 Å². The van der Waals surface area contributed by atoms with Crippen molar-refractivity contribution < 1.29 is 19.1 Å². The molecule has 0 unspecified atom stereocenters. The molecule has 0 atom stereocenters. The largest absolute Gasteiger partial charge is 0.493 e. The number of carbonyl (C=O) groups is 2. The number of nitrogens with one attached hydrogen (secondary N) is 2. The highest BCUT2D eigenvalue weighted by Crippen LogP contribution is 2.33. The maximum atomic E-state index is 12.4. The van der Waals surface area contributed by atoms with Gasteiger partial charge in [0.1, 0.15) is 0 Å². The summed E-state index contributed by atoms with van der Waals surface area (Å²) in [6.07, 6.45) is 0.858. The molecular formula is C17H26N2O4. The van der Waals surface area contributed by atoms with Crippen molar-refractivity contribution in [1.29, 1.82) is 0 Å². The Balaban J connectivity index is 2.80. The molecule has 23 heavy (non-hydrogen) atoms. The van der Waals surface area contributed by atoms with Gasteiger partial charge in [0.05, 0.1) is 26.2 Å². The summed E-state index contributed by atoms with van der Waals surface area (Å²) < 4.78 is 10.5. The molecule has 0 bridgehead atoms. The zero-order valence-electron chi connectivity index (χ0n) is 14.5. The van der Waals surface area contributed by atoms with Crippen molar-refractivity contribution in [1.82, 2.24) is 10.6 Å². The van der Waals surface area contributed by atoms with E-state index >= 15 is 0 Å². The number of methoxy groups -OCH3 is 2. The van der Waals surface area contributed by atoms with Gasteiger partial charge < -0.3 is 20.1 Å². The quantitative estimate of drug-likeness (QED) is 0.762. The zero-order valence-corrected chi connectivity index (χ0v) is 14.5. The van der Waals surface area contributed by atoms with Crippen molar-refractivity contribution in [3.8, 4) is 11.5 Å². The van der Waals surface area contributed by atoms with E-state index in [9.17, 15) is 9.59 Å². The molecule has 0 aromatic heterocycles. The predicted octanol–water partition coefficient (Wildman–Crippen LogP) is 1.62. The lowest BCUT2D eigenvalue weighted by atomic mass is 9.83. The molecule has 0 heterocycles. The number of benzene rings is 1. The second-order valence-corrected chi connectivity index (χ2v) is 5.73. The average Bonchev–Trinajstić information content (AvgIpc) is 2.56. The van der Waals surface area contributed by atoms with E-state index in [0.29, 0.717) is 18.0 Å². The van der Waals surface area contributed by atoms with E-state index in [0.717, 1.165) is 12.0 Å². The van der Waals surface area contributed by atoms with Gasteiger partial charge >= 0.3 is 0 Å². The summed E-state index contributed by atoms with van der Waals surface area (Å²) in [5, 5.41) is 5.40. The highest BCUT2D eigenvalue weighted by Gasteiger charge is 2.30. The lowest BCUT2D eigenvalue weighted by Gasteiger charge is -2.25. The van der Waals surface area contributed by atoms with Gasteiger partial charge in [-0.1, -0.05) is 13.0 Å². The zero-order chi connectivity index (χ0) is 17.5. The number of amides is 2. The molecule has 6 heteroatoms. The Hall–Kier alpha value is -2.24. The first-order valence-corrected chi connectivity index (χ1v) is 7.64. The van der Waals surface area contributed by atoms with Crippen LogP contribution in [-0.4, -0.2) is 39.1 Å². The van der Waals surface area contributed by atoms with Crippen LogP contribution in [0.3, 0.4) is 0 Å². The van der Waals surface area contributed by atoms with Crippen LogP contribution in [0.4, 0.5) is 0 Å². The maximum absolute atomic E-state index is 12.4. The van der Waals surface area contributed by atoms with Crippen LogP contribution < -0.4 is 20.1 Å². The van der Waals surface area contributed by atoms with Crippen LogP contribution in [0.15, 0.2) is 18.2 Å². The van der Waals surface area contributed by atoms with E-state index in [1.54, 1.807) is 40.2 Å². The topological polar surface area (TPSA) is 76.7 Å². The first-order valence-electron chi connectivity index (χ1n) is 7.64. The predicted molar refractivity (Wildman–Crippen MR) is 88.9 cm³/mol. The fraction of sp³-hybridized carbons (Fsp3) is 0.529. The van der Waals surface area contributed by atoms with Gasteiger partial charge in [0.15, 0.2) is 11.5 Å². The van der Waals surface area contributed by atoms with E-state index in [-0.39, 0.29) is 18.4 Å². The van der Waals surface area contributed by atoms with E-state index in [2.05, 4.69) is 10.6 Å². The van der Waals surface area contributed by atoms with E-state index in [1.807, 2.05) is 13.0 Å². The van der Waals surface area contributed by atoms with Crippen LogP contribution in [0, 0.1) is 0 Å². The molecule has 0 fully saturated rings. The van der Waals surface area contributed by atoms with E-state index in [1.165, 1.54) is 0 Å². The fourth-order valence-corrected chi connectivity index (χ4v) is 2.06. The van der Waals surface area contributed by atoms with Crippen LogP contribution in [-0.2, 0) is 15.0 Å². The average molecular weight is 322 g/mol. The molecule has 1 aromatic rings. The van der Waals surface area contributed by atoms with Crippen molar-refractivity contribution in [2.75, 3.05) is 27.3 Å². The van der Waals surface area contributed by atoms with Crippen molar-refractivity contribution in [2.24, 2.45) is 0 Å². The normalized spacial score (nSPS) is 10.8. The van der Waals surface area contributed by atoms with Gasteiger partial charge in [-0.3, -0.25) is 9.59 Å². The SMILES string of the molecule is CCCNC(=O)CNC(=O)C(C)(C)c1ccc(OC)c(OC)c1. The Bertz CT molecular complexity index is 556. The van der Waals surface area contributed by atoms with Gasteiger partial charge in [-0.05, 0) is 38.0 Å². The molecule has 0 aliphatic carbocycles. The molecule has 0 aliphatic heterocycles. The molecule has 0 spiro atoms. The monoisotopic (exact) mass is 322 g/mol. The Morgan fingerprint density at radius 1 is 1.09 bits per heavy atom. The second-order valence-electron chi connectivity index (χ2n) is 5.73. The fourth-order valence-electron chi connectivity index (χ4n) is 2.06. The Morgan fingerprint density at radius 2 is 1.74 bits per heavy atom.